The van der Waals surface area contributed by atoms with Gasteiger partial charge in [0.2, 0.25) is 0 Å². The smallest absolute Gasteiger partial charge is 0.315 e. The Morgan fingerprint density at radius 1 is 1.02 bits per heavy atom. The molecule has 3 unspecified atom stereocenters. The molecule has 1 heterocycles. The van der Waals surface area contributed by atoms with Crippen LogP contribution >= 0.6 is 0 Å². The molecule has 0 bridgehead atoms. The Labute approximate surface area is 303 Å². The van der Waals surface area contributed by atoms with Crippen molar-refractivity contribution in [2.45, 2.75) is 145 Å². The van der Waals surface area contributed by atoms with Crippen LogP contribution in [0, 0.1) is 50.7 Å². The van der Waals surface area contributed by atoms with Crippen LogP contribution in [0.5, 0.6) is 0 Å². The van der Waals surface area contributed by atoms with Gasteiger partial charge in [-0.2, -0.15) is 0 Å². The van der Waals surface area contributed by atoms with Crippen LogP contribution in [0.2, 0.25) is 0 Å². The van der Waals surface area contributed by atoms with E-state index in [1.807, 2.05) is 0 Å². The molecule has 0 saturated heterocycles. The number of carboxylic acids is 1. The molecule has 0 aliphatic heterocycles. The maximum atomic E-state index is 13.9. The van der Waals surface area contributed by atoms with E-state index in [-0.39, 0.29) is 64.4 Å². The van der Waals surface area contributed by atoms with Crippen molar-refractivity contribution < 1.29 is 29.0 Å². The van der Waals surface area contributed by atoms with Crippen LogP contribution in [0.25, 0.3) is 0 Å². The van der Waals surface area contributed by atoms with Crippen LogP contribution in [0.3, 0.4) is 0 Å². The number of hydrogen-bond donors (Lipinski definition) is 3. The number of hydrogen-bond acceptors (Lipinski definition) is 7. The van der Waals surface area contributed by atoms with E-state index in [4.69, 9.17) is 4.74 Å². The summed E-state index contributed by atoms with van der Waals surface area (Å²) in [5.41, 5.74) is 1.14. The summed E-state index contributed by atoms with van der Waals surface area (Å²) in [7, 11) is 0. The van der Waals surface area contributed by atoms with E-state index in [0.717, 1.165) is 57.1 Å². The Balaban J connectivity index is 1.29. The first kappa shape index (κ1) is 37.5. The number of urea groups is 1. The van der Waals surface area contributed by atoms with Crippen LogP contribution < -0.4 is 10.6 Å². The molecule has 51 heavy (non-hydrogen) atoms. The van der Waals surface area contributed by atoms with Gasteiger partial charge >= 0.3 is 18.0 Å². The molecule has 8 atom stereocenters. The summed E-state index contributed by atoms with van der Waals surface area (Å²) in [6.07, 6.45) is 10.4. The molecule has 1 aromatic heterocycles. The summed E-state index contributed by atoms with van der Waals surface area (Å²) >= 11 is 0. The number of ketones is 1. The van der Waals surface area contributed by atoms with Crippen molar-refractivity contribution in [3.8, 4) is 0 Å². The van der Waals surface area contributed by atoms with E-state index in [1.54, 1.807) is 26.1 Å². The highest BCUT2D eigenvalue weighted by molar-refractivity contribution is 5.92. The zero-order valence-corrected chi connectivity index (χ0v) is 32.3. The molecule has 4 fully saturated rings. The van der Waals surface area contributed by atoms with Crippen LogP contribution in [-0.2, 0) is 25.7 Å². The molecule has 0 radical (unpaired) electrons. The lowest BCUT2D eigenvalue weighted by molar-refractivity contribution is -0.214. The monoisotopic (exact) mass is 704 g/mol. The average Bonchev–Trinajstić information content (AvgIpc) is 3.33. The molecule has 4 saturated carbocycles. The third kappa shape index (κ3) is 5.91. The normalized spacial score (nSPS) is 37.1. The van der Waals surface area contributed by atoms with Crippen LogP contribution in [-0.4, -0.2) is 50.5 Å². The molecule has 1 aromatic rings. The molecular formula is C41H60N4O6. The quantitative estimate of drug-likeness (QED) is 0.187. The third-order valence-corrected chi connectivity index (χ3v) is 15.2. The summed E-state index contributed by atoms with van der Waals surface area (Å²) in [6.45, 7) is 19.7. The molecule has 10 nitrogen and oxygen atoms in total. The number of amides is 2. The molecule has 0 aromatic carbocycles. The third-order valence-electron chi connectivity index (χ3n) is 15.2. The minimum Gasteiger partial charge on any atom is -0.481 e. The lowest BCUT2D eigenvalue weighted by Crippen LogP contribution is -2.65. The number of Topliss-reactive ketones (excluding diaryl/α,β-unsaturated/α-hetero) is 1. The number of rotatable bonds is 8. The number of nitrogens with zero attached hydrogens (tertiary/aromatic N) is 2. The predicted octanol–water partition coefficient (Wildman–Crippen LogP) is 7.42. The zero-order chi connectivity index (χ0) is 37.4. The molecule has 0 spiro atoms. The van der Waals surface area contributed by atoms with Gasteiger partial charge in [0.1, 0.15) is 18.2 Å². The zero-order valence-electron chi connectivity index (χ0n) is 32.3. The van der Waals surface area contributed by atoms with Gasteiger partial charge in [-0.3, -0.25) is 14.4 Å². The van der Waals surface area contributed by atoms with Crippen molar-refractivity contribution >= 4 is 23.8 Å². The predicted molar refractivity (Wildman–Crippen MR) is 193 cm³/mol. The van der Waals surface area contributed by atoms with Gasteiger partial charge in [-0.1, -0.05) is 54.0 Å². The summed E-state index contributed by atoms with van der Waals surface area (Å²) in [4.78, 5) is 60.4. The van der Waals surface area contributed by atoms with Crippen LogP contribution in [0.15, 0.2) is 29.7 Å². The number of ether oxygens (including phenoxy) is 1. The molecule has 2 amide bonds. The van der Waals surface area contributed by atoms with Gasteiger partial charge in [-0.15, -0.1) is 0 Å². The van der Waals surface area contributed by atoms with E-state index >= 15 is 0 Å². The van der Waals surface area contributed by atoms with Crippen molar-refractivity contribution in [3.63, 3.8) is 0 Å². The van der Waals surface area contributed by atoms with E-state index in [9.17, 15) is 24.3 Å². The largest absolute Gasteiger partial charge is 0.481 e. The Hall–Kier alpha value is -3.30. The van der Waals surface area contributed by atoms with Crippen LogP contribution in [0.4, 0.5) is 4.79 Å². The van der Waals surface area contributed by atoms with E-state index in [2.05, 4.69) is 69.1 Å². The Bertz CT molecular complexity index is 1620. The second-order valence-corrected chi connectivity index (χ2v) is 19.0. The van der Waals surface area contributed by atoms with Crippen molar-refractivity contribution in [3.05, 3.63) is 35.4 Å². The van der Waals surface area contributed by atoms with Gasteiger partial charge in [-0.25, -0.2) is 14.8 Å². The minimum absolute atomic E-state index is 0.00145. The number of allylic oxidation sites excluding steroid dienone is 1. The van der Waals surface area contributed by atoms with Crippen molar-refractivity contribution in [1.29, 1.82) is 0 Å². The number of nitrogens with one attached hydrogen (secondary N) is 2. The average molecular weight is 705 g/mol. The van der Waals surface area contributed by atoms with Crippen molar-refractivity contribution in [2.24, 2.45) is 50.7 Å². The number of carboxylic acid groups (broad SMARTS) is 1. The first-order chi connectivity index (χ1) is 23.7. The molecule has 3 N–H and O–H groups in total. The SMILES string of the molecule is CC(C)C1C(=O)C[C@]2(NC(=O)NCc3ccncn3)CC[C@]3(C)C(=C12)CCC1[C@@]2(C)CC[C@H](OC(=O)CC(C)(C)C(=O)O)C(C)(C)C2CC[C@]13C. The van der Waals surface area contributed by atoms with Crippen LogP contribution in [0.1, 0.15) is 132 Å². The van der Waals surface area contributed by atoms with Gasteiger partial charge in [-0.05, 0) is 111 Å². The fourth-order valence-electron chi connectivity index (χ4n) is 12.3. The maximum absolute atomic E-state index is 13.9. The molecule has 6 rings (SSSR count). The highest BCUT2D eigenvalue weighted by Crippen LogP contribution is 2.75. The minimum atomic E-state index is -1.17. The number of aliphatic carboxylic acids is 1. The van der Waals surface area contributed by atoms with E-state index in [1.165, 1.54) is 17.5 Å². The maximum Gasteiger partial charge on any atom is 0.315 e. The van der Waals surface area contributed by atoms with Crippen molar-refractivity contribution in [1.82, 2.24) is 20.6 Å². The summed E-state index contributed by atoms with van der Waals surface area (Å²) < 4.78 is 6.14. The van der Waals surface area contributed by atoms with E-state index in [0.29, 0.717) is 18.3 Å². The molecule has 5 aliphatic rings. The Morgan fingerprint density at radius 2 is 1.75 bits per heavy atom. The lowest BCUT2D eigenvalue weighted by Gasteiger charge is -2.70. The number of esters is 1. The van der Waals surface area contributed by atoms with Gasteiger partial charge < -0.3 is 20.5 Å². The molecule has 280 valence electrons. The number of carbonyl (C=O) groups excluding carboxylic acids is 3. The van der Waals surface area contributed by atoms with Gasteiger partial charge in [0.15, 0.2) is 0 Å². The Morgan fingerprint density at radius 3 is 2.39 bits per heavy atom. The fraction of sp³-hybridized carbons (Fsp3) is 0.756. The van der Waals surface area contributed by atoms with Gasteiger partial charge in [0, 0.05) is 24.0 Å². The van der Waals surface area contributed by atoms with Crippen molar-refractivity contribution in [2.75, 3.05) is 0 Å². The second-order valence-electron chi connectivity index (χ2n) is 19.0. The molecule has 10 heteroatoms. The lowest BCUT2D eigenvalue weighted by atomic mass is 9.34. The fourth-order valence-corrected chi connectivity index (χ4v) is 12.3. The number of fused-ring (bicyclic) bond motifs is 6. The van der Waals surface area contributed by atoms with E-state index < -0.39 is 22.9 Å². The molecule has 5 aliphatic carbocycles. The standard InChI is InChI=1S/C41H60N4O6/c1-24(2)32-27(46)20-41(45-35(50)43-22-25-14-19-42-23-44-25)18-17-39(8)26(33(32)41)10-11-29-38(7)15-13-30(51-31(47)21-36(3,4)34(48)49)37(5,6)28(38)12-16-40(29,39)9/h14,19,23-24,28-30,32H,10-13,15-18,20-22H2,1-9H3,(H,48,49)(H2,43,45,50)/t28?,29?,30-,32?,38-,39+,40+,41+/m0/s1. The summed E-state index contributed by atoms with van der Waals surface area (Å²) in [5.74, 6) is -0.472. The first-order valence-corrected chi connectivity index (χ1v) is 19.2. The van der Waals surface area contributed by atoms with Gasteiger partial charge in [0.05, 0.1) is 29.6 Å². The number of carbonyl (C=O) groups is 4. The number of aromatic nitrogens is 2. The molecular weight excluding hydrogens is 644 g/mol. The van der Waals surface area contributed by atoms with Gasteiger partial charge in [0.25, 0.3) is 0 Å². The topological polar surface area (TPSA) is 148 Å². The Kier molecular flexibility index (Phi) is 9.31. The highest BCUT2D eigenvalue weighted by atomic mass is 16.5. The second kappa shape index (κ2) is 12.7. The summed E-state index contributed by atoms with van der Waals surface area (Å²) in [6, 6.07) is 1.51. The highest BCUT2D eigenvalue weighted by Gasteiger charge is 2.69. The first-order valence-electron chi connectivity index (χ1n) is 19.2. The summed E-state index contributed by atoms with van der Waals surface area (Å²) in [5, 5.41) is 16.0.